The average Bonchev–Trinajstić information content (AvgIpc) is 2.59. The zero-order valence-electron chi connectivity index (χ0n) is 15.0. The van der Waals surface area contributed by atoms with E-state index in [0.717, 1.165) is 51.0 Å². The summed E-state index contributed by atoms with van der Waals surface area (Å²) < 4.78 is 18.6. The summed E-state index contributed by atoms with van der Waals surface area (Å²) in [5.41, 5.74) is 1.07. The lowest BCUT2D eigenvalue weighted by atomic mass is 10.2. The molecule has 1 heterocycles. The minimum absolute atomic E-state index is 0.193. The molecule has 2 rings (SSSR count). The van der Waals surface area contributed by atoms with Crippen molar-refractivity contribution < 1.29 is 9.13 Å². The van der Waals surface area contributed by atoms with Gasteiger partial charge in [0.05, 0.1) is 6.61 Å². The van der Waals surface area contributed by atoms with E-state index < -0.39 is 0 Å². The molecule has 0 aromatic heterocycles. The van der Waals surface area contributed by atoms with Gasteiger partial charge in [0.25, 0.3) is 0 Å². The summed E-state index contributed by atoms with van der Waals surface area (Å²) in [6.45, 7) is 10.1. The molecule has 0 bridgehead atoms. The molecule has 0 radical (unpaired) electrons. The molecule has 0 unspecified atom stereocenters. The Bertz CT molecular complexity index is 510. The highest BCUT2D eigenvalue weighted by Gasteiger charge is 2.19. The van der Waals surface area contributed by atoms with Gasteiger partial charge in [-0.1, -0.05) is 13.8 Å². The van der Waals surface area contributed by atoms with Crippen molar-refractivity contribution in [1.29, 1.82) is 0 Å². The summed E-state index contributed by atoms with van der Waals surface area (Å²) in [4.78, 5) is 8.89. The van der Waals surface area contributed by atoms with E-state index in [1.807, 2.05) is 19.2 Å². The van der Waals surface area contributed by atoms with Gasteiger partial charge in [0.1, 0.15) is 5.82 Å². The monoisotopic (exact) mass is 336 g/mol. The van der Waals surface area contributed by atoms with Gasteiger partial charge in [0.15, 0.2) is 5.96 Å². The van der Waals surface area contributed by atoms with Crippen LogP contribution >= 0.6 is 0 Å². The van der Waals surface area contributed by atoms with Gasteiger partial charge in [0.2, 0.25) is 0 Å². The van der Waals surface area contributed by atoms with Crippen LogP contribution in [0, 0.1) is 11.7 Å². The maximum absolute atomic E-state index is 13.0. The zero-order chi connectivity index (χ0) is 17.4. The van der Waals surface area contributed by atoms with Crippen LogP contribution in [0.25, 0.3) is 0 Å². The molecule has 1 aliphatic rings. The smallest absolute Gasteiger partial charge is 0.193 e. The summed E-state index contributed by atoms with van der Waals surface area (Å²) in [7, 11) is 1.81. The van der Waals surface area contributed by atoms with Crippen molar-refractivity contribution in [2.75, 3.05) is 57.9 Å². The van der Waals surface area contributed by atoms with Crippen LogP contribution in [0.15, 0.2) is 29.3 Å². The number of piperazine rings is 1. The molecular formula is C18H29FN4O. The second-order valence-corrected chi connectivity index (χ2v) is 6.39. The summed E-state index contributed by atoms with van der Waals surface area (Å²) in [5.74, 6) is 1.28. The third-order valence-electron chi connectivity index (χ3n) is 3.96. The van der Waals surface area contributed by atoms with E-state index in [0.29, 0.717) is 12.5 Å². The summed E-state index contributed by atoms with van der Waals surface area (Å²) >= 11 is 0. The SMILES string of the molecule is CN=C(NCCOCC(C)C)N1CCN(c2ccc(F)cc2)CC1. The van der Waals surface area contributed by atoms with E-state index in [-0.39, 0.29) is 5.82 Å². The first-order chi connectivity index (χ1) is 11.6. The normalized spacial score (nSPS) is 16.0. The number of nitrogens with zero attached hydrogens (tertiary/aromatic N) is 3. The molecule has 1 saturated heterocycles. The molecular weight excluding hydrogens is 307 g/mol. The Morgan fingerprint density at radius 1 is 1.21 bits per heavy atom. The van der Waals surface area contributed by atoms with Crippen molar-refractivity contribution >= 4 is 11.6 Å². The average molecular weight is 336 g/mol. The second kappa shape index (κ2) is 9.47. The van der Waals surface area contributed by atoms with Gasteiger partial charge in [0, 0.05) is 52.1 Å². The summed E-state index contributed by atoms with van der Waals surface area (Å²) in [5, 5.41) is 3.36. The maximum Gasteiger partial charge on any atom is 0.193 e. The fourth-order valence-electron chi connectivity index (χ4n) is 2.71. The highest BCUT2D eigenvalue weighted by molar-refractivity contribution is 5.80. The van der Waals surface area contributed by atoms with Crippen LogP contribution in [0.2, 0.25) is 0 Å². The Morgan fingerprint density at radius 2 is 1.88 bits per heavy atom. The van der Waals surface area contributed by atoms with Crippen LogP contribution in [0.4, 0.5) is 10.1 Å². The van der Waals surface area contributed by atoms with E-state index >= 15 is 0 Å². The molecule has 1 N–H and O–H groups in total. The molecule has 0 spiro atoms. The van der Waals surface area contributed by atoms with E-state index in [2.05, 4.69) is 34.0 Å². The van der Waals surface area contributed by atoms with Crippen LogP contribution in [0.3, 0.4) is 0 Å². The molecule has 5 nitrogen and oxygen atoms in total. The standard InChI is InChI=1S/C18H29FN4O/c1-15(2)14-24-13-8-21-18(20-3)23-11-9-22(10-12-23)17-6-4-16(19)5-7-17/h4-7,15H,8-14H2,1-3H3,(H,20,21). The van der Waals surface area contributed by atoms with Crippen LogP contribution in [0.5, 0.6) is 0 Å². The fourth-order valence-corrected chi connectivity index (χ4v) is 2.71. The molecule has 1 aromatic carbocycles. The number of guanidine groups is 1. The molecule has 24 heavy (non-hydrogen) atoms. The highest BCUT2D eigenvalue weighted by atomic mass is 19.1. The topological polar surface area (TPSA) is 40.1 Å². The Morgan fingerprint density at radius 3 is 2.46 bits per heavy atom. The second-order valence-electron chi connectivity index (χ2n) is 6.39. The Labute approximate surface area is 144 Å². The van der Waals surface area contributed by atoms with Gasteiger partial charge in [-0.15, -0.1) is 0 Å². The van der Waals surface area contributed by atoms with Crippen molar-refractivity contribution in [3.05, 3.63) is 30.1 Å². The van der Waals surface area contributed by atoms with Crippen LogP contribution < -0.4 is 10.2 Å². The van der Waals surface area contributed by atoms with Crippen LogP contribution in [-0.4, -0.2) is 63.8 Å². The van der Waals surface area contributed by atoms with Crippen LogP contribution in [-0.2, 0) is 4.74 Å². The molecule has 0 atom stereocenters. The molecule has 134 valence electrons. The summed E-state index contributed by atoms with van der Waals surface area (Å²) in [6.07, 6.45) is 0. The minimum Gasteiger partial charge on any atom is -0.379 e. The number of hydrogen-bond donors (Lipinski definition) is 1. The first-order valence-electron chi connectivity index (χ1n) is 8.64. The third kappa shape index (κ3) is 5.67. The van der Waals surface area contributed by atoms with Gasteiger partial charge in [-0.3, -0.25) is 4.99 Å². The predicted octanol–water partition coefficient (Wildman–Crippen LogP) is 2.20. The number of halogens is 1. The highest BCUT2D eigenvalue weighted by Crippen LogP contribution is 2.16. The first-order valence-corrected chi connectivity index (χ1v) is 8.64. The van der Waals surface area contributed by atoms with Gasteiger partial charge < -0.3 is 19.9 Å². The van der Waals surface area contributed by atoms with E-state index in [4.69, 9.17) is 4.74 Å². The number of rotatable bonds is 6. The number of hydrogen-bond acceptors (Lipinski definition) is 3. The molecule has 1 aromatic rings. The maximum atomic E-state index is 13.0. The molecule has 1 aliphatic heterocycles. The van der Waals surface area contributed by atoms with E-state index in [9.17, 15) is 4.39 Å². The minimum atomic E-state index is -0.193. The molecule has 6 heteroatoms. The van der Waals surface area contributed by atoms with E-state index in [1.165, 1.54) is 12.1 Å². The zero-order valence-corrected chi connectivity index (χ0v) is 15.0. The van der Waals surface area contributed by atoms with Gasteiger partial charge >= 0.3 is 0 Å². The quantitative estimate of drug-likeness (QED) is 0.491. The number of benzene rings is 1. The Balaban J connectivity index is 1.74. The number of ether oxygens (including phenoxy) is 1. The lowest BCUT2D eigenvalue weighted by molar-refractivity contribution is 0.114. The Hall–Kier alpha value is -1.82. The van der Waals surface area contributed by atoms with Crippen molar-refractivity contribution in [3.63, 3.8) is 0 Å². The molecule has 0 amide bonds. The van der Waals surface area contributed by atoms with Crippen LogP contribution in [0.1, 0.15) is 13.8 Å². The molecule has 0 aliphatic carbocycles. The fraction of sp³-hybridized carbons (Fsp3) is 0.611. The van der Waals surface area contributed by atoms with Crippen molar-refractivity contribution in [3.8, 4) is 0 Å². The van der Waals surface area contributed by atoms with Crippen molar-refractivity contribution in [2.45, 2.75) is 13.8 Å². The van der Waals surface area contributed by atoms with E-state index in [1.54, 1.807) is 0 Å². The van der Waals surface area contributed by atoms with Crippen molar-refractivity contribution in [1.82, 2.24) is 10.2 Å². The lowest BCUT2D eigenvalue weighted by Gasteiger charge is -2.37. The molecule has 0 saturated carbocycles. The number of nitrogens with one attached hydrogen (secondary N) is 1. The van der Waals surface area contributed by atoms with Gasteiger partial charge in [-0.25, -0.2) is 4.39 Å². The predicted molar refractivity (Wildman–Crippen MR) is 97.2 cm³/mol. The largest absolute Gasteiger partial charge is 0.379 e. The van der Waals surface area contributed by atoms with Gasteiger partial charge in [-0.2, -0.15) is 0 Å². The van der Waals surface area contributed by atoms with Crippen molar-refractivity contribution in [2.24, 2.45) is 10.9 Å². The number of aliphatic imine (C=N–C) groups is 1. The first kappa shape index (κ1) is 18.5. The third-order valence-corrected chi connectivity index (χ3v) is 3.96. The Kier molecular flexibility index (Phi) is 7.31. The molecule has 1 fully saturated rings. The summed E-state index contributed by atoms with van der Waals surface area (Å²) in [6, 6.07) is 6.70. The number of anilines is 1. The van der Waals surface area contributed by atoms with Gasteiger partial charge in [-0.05, 0) is 30.2 Å². The lowest BCUT2D eigenvalue weighted by Crippen LogP contribution is -2.53.